The summed E-state index contributed by atoms with van der Waals surface area (Å²) in [5.41, 5.74) is 0.586. The normalized spacial score (nSPS) is 20.5. The number of rotatable bonds is 6. The summed E-state index contributed by atoms with van der Waals surface area (Å²) in [5.74, 6) is 0.271. The van der Waals surface area contributed by atoms with Crippen LogP contribution in [0.15, 0.2) is 36.5 Å². The molecule has 1 aromatic carbocycles. The molecule has 3 aliphatic heterocycles. The molecule has 2 N–H and O–H groups in total. The molecule has 2 bridgehead atoms. The van der Waals surface area contributed by atoms with Crippen molar-refractivity contribution in [2.75, 3.05) is 60.7 Å². The van der Waals surface area contributed by atoms with Gasteiger partial charge in [0.15, 0.2) is 0 Å². The van der Waals surface area contributed by atoms with Gasteiger partial charge in [0.25, 0.3) is 5.91 Å². The van der Waals surface area contributed by atoms with Gasteiger partial charge in [0, 0.05) is 57.2 Å². The van der Waals surface area contributed by atoms with Crippen LogP contribution in [-0.4, -0.2) is 89.9 Å². The van der Waals surface area contributed by atoms with Crippen molar-refractivity contribution >= 4 is 35.1 Å². The third kappa shape index (κ3) is 5.96. The van der Waals surface area contributed by atoms with Crippen LogP contribution >= 0.6 is 0 Å². The highest BCUT2D eigenvalue weighted by molar-refractivity contribution is 6.03. The van der Waals surface area contributed by atoms with Crippen molar-refractivity contribution in [1.82, 2.24) is 19.9 Å². The van der Waals surface area contributed by atoms with E-state index < -0.39 is 17.4 Å². The summed E-state index contributed by atoms with van der Waals surface area (Å²) in [6.45, 7) is 7.77. The summed E-state index contributed by atoms with van der Waals surface area (Å²) >= 11 is 0. The van der Waals surface area contributed by atoms with E-state index in [4.69, 9.17) is 19.4 Å². The molecule has 44 heavy (non-hydrogen) atoms. The number of carbonyl (C=O) groups excluding carboxylic acids is 2. The fourth-order valence-electron chi connectivity index (χ4n) is 5.85. The Hall–Kier alpha value is -4.52. The van der Waals surface area contributed by atoms with Crippen LogP contribution in [0.2, 0.25) is 0 Å². The number of ether oxygens (including phenoxy) is 2. The number of hydrogen-bond acceptors (Lipinski definition) is 9. The number of carbonyl (C=O) groups is 2. The highest BCUT2D eigenvalue weighted by Gasteiger charge is 2.39. The predicted octanol–water partition coefficient (Wildman–Crippen LogP) is 4.39. The Morgan fingerprint density at radius 2 is 1.86 bits per heavy atom. The number of nitrogens with zero attached hydrogens (tertiary/aromatic N) is 6. The Bertz CT molecular complexity index is 1590. The Kier molecular flexibility index (Phi) is 7.74. The molecule has 12 nitrogen and oxygen atoms in total. The van der Waals surface area contributed by atoms with Crippen LogP contribution in [0.5, 0.6) is 5.88 Å². The fourth-order valence-corrected chi connectivity index (χ4v) is 5.85. The van der Waals surface area contributed by atoms with Gasteiger partial charge in [-0.25, -0.2) is 19.2 Å². The third-order valence-electron chi connectivity index (χ3n) is 7.97. The maximum absolute atomic E-state index is 15.6. The number of amides is 3. The van der Waals surface area contributed by atoms with Gasteiger partial charge in [-0.15, -0.1) is 0 Å². The Morgan fingerprint density at radius 3 is 2.55 bits per heavy atom. The van der Waals surface area contributed by atoms with Gasteiger partial charge in [0.2, 0.25) is 11.8 Å². The first-order chi connectivity index (χ1) is 21.0. The van der Waals surface area contributed by atoms with E-state index in [1.165, 1.54) is 12.1 Å². The minimum absolute atomic E-state index is 0.0304. The molecule has 2 aromatic heterocycles. The van der Waals surface area contributed by atoms with Gasteiger partial charge < -0.3 is 34.8 Å². The average molecular weight is 605 g/mol. The number of likely N-dealkylation sites (N-methyl/N-ethyl adjacent to an activating group) is 1. The molecular weight excluding hydrogens is 567 g/mol. The number of urea groups is 1. The molecule has 0 aliphatic carbocycles. The second kappa shape index (κ2) is 11.5. The summed E-state index contributed by atoms with van der Waals surface area (Å²) in [6.07, 6.45) is 3.69. The van der Waals surface area contributed by atoms with Crippen molar-refractivity contribution in [1.29, 1.82) is 0 Å². The molecule has 3 amide bonds. The molecule has 0 saturated carbocycles. The van der Waals surface area contributed by atoms with Gasteiger partial charge in [-0.05, 0) is 51.8 Å². The zero-order valence-corrected chi connectivity index (χ0v) is 25.6. The van der Waals surface area contributed by atoms with E-state index in [0.717, 1.165) is 12.8 Å². The Morgan fingerprint density at radius 1 is 1.11 bits per heavy atom. The maximum Gasteiger partial charge on any atom is 0.323 e. The van der Waals surface area contributed by atoms with Crippen LogP contribution in [0.1, 0.15) is 44.0 Å². The van der Waals surface area contributed by atoms with Crippen LogP contribution in [0.3, 0.4) is 0 Å². The molecule has 3 aliphatic rings. The van der Waals surface area contributed by atoms with Crippen molar-refractivity contribution in [2.24, 2.45) is 0 Å². The lowest BCUT2D eigenvalue weighted by molar-refractivity contribution is 0.0297. The van der Waals surface area contributed by atoms with Crippen molar-refractivity contribution in [2.45, 2.75) is 51.4 Å². The number of fused-ring (bicyclic) bond motifs is 3. The second-order valence-corrected chi connectivity index (χ2v) is 12.2. The smallest absolute Gasteiger partial charge is 0.323 e. The Labute approximate surface area is 255 Å². The van der Waals surface area contributed by atoms with Crippen molar-refractivity contribution in [3.05, 3.63) is 47.9 Å². The molecule has 6 rings (SSSR count). The molecule has 2 atom stereocenters. The molecular formula is C31H37FN8O4. The van der Waals surface area contributed by atoms with Gasteiger partial charge in [-0.2, -0.15) is 4.98 Å². The van der Waals surface area contributed by atoms with E-state index >= 15 is 4.39 Å². The molecule has 13 heteroatoms. The molecule has 2 unspecified atom stereocenters. The zero-order chi connectivity index (χ0) is 31.2. The second-order valence-electron chi connectivity index (χ2n) is 12.2. The number of benzene rings is 1. The Balaban J connectivity index is 1.34. The first kappa shape index (κ1) is 29.5. The molecule has 5 heterocycles. The lowest BCUT2D eigenvalue weighted by atomic mass is 10.0. The van der Waals surface area contributed by atoms with E-state index in [9.17, 15) is 9.59 Å². The molecule has 0 radical (unpaired) electrons. The van der Waals surface area contributed by atoms with Crippen molar-refractivity contribution < 1.29 is 23.5 Å². The first-order valence-electron chi connectivity index (χ1n) is 14.8. The summed E-state index contributed by atoms with van der Waals surface area (Å²) in [4.78, 5) is 46.0. The summed E-state index contributed by atoms with van der Waals surface area (Å²) in [6, 6.07) is 7.08. The van der Waals surface area contributed by atoms with E-state index in [1.807, 2.05) is 34.9 Å². The largest absolute Gasteiger partial charge is 0.469 e. The highest BCUT2D eigenvalue weighted by atomic mass is 19.1. The van der Waals surface area contributed by atoms with Crippen LogP contribution in [0.4, 0.5) is 32.3 Å². The molecule has 3 aromatic rings. The lowest BCUT2D eigenvalue weighted by Crippen LogP contribution is -2.43. The molecule has 2 fully saturated rings. The van der Waals surface area contributed by atoms with Crippen LogP contribution in [0, 0.1) is 5.82 Å². The SMILES string of the molecule is CCN1CC(C)(C)Oc2nc(N3CC4CCC(C3)O4)nc(-c3ccc(NC(=O)Nc4ccnc(N(C)C)c4)c(F)c3)c2C1=O. The number of anilines is 4. The number of halogens is 1. The van der Waals surface area contributed by atoms with E-state index in [1.54, 1.807) is 34.2 Å². The number of nitrogens with one attached hydrogen (secondary N) is 2. The number of pyridine rings is 1. The third-order valence-corrected chi connectivity index (χ3v) is 7.97. The van der Waals surface area contributed by atoms with E-state index in [-0.39, 0.29) is 40.9 Å². The standard InChI is InChI=1S/C31H37FN8O4/c1-6-39-17-31(2,3)44-27-25(28(39)41)26(36-29(37-27)40-15-20-8-9-21(16-40)43-20)18-7-10-23(22(32)13-18)35-30(42)34-19-11-12-33-24(14-19)38(4)5/h7,10-14,20-21H,6,8-9,15-17H2,1-5H3,(H2,33,34,35,42). The number of aromatic nitrogens is 3. The summed E-state index contributed by atoms with van der Waals surface area (Å²) in [7, 11) is 3.68. The van der Waals surface area contributed by atoms with Crippen LogP contribution in [0.25, 0.3) is 11.3 Å². The number of hydrogen-bond donors (Lipinski definition) is 2. The molecule has 2 saturated heterocycles. The van der Waals surface area contributed by atoms with Crippen LogP contribution < -0.4 is 25.2 Å². The predicted molar refractivity (Wildman–Crippen MR) is 165 cm³/mol. The fraction of sp³-hybridized carbons (Fsp3) is 0.452. The highest BCUT2D eigenvalue weighted by Crippen LogP contribution is 2.38. The van der Waals surface area contributed by atoms with Gasteiger partial charge >= 0.3 is 6.03 Å². The summed E-state index contributed by atoms with van der Waals surface area (Å²) < 4.78 is 28.0. The minimum Gasteiger partial charge on any atom is -0.469 e. The minimum atomic E-state index is -0.710. The van der Waals surface area contributed by atoms with Crippen molar-refractivity contribution in [3.63, 3.8) is 0 Å². The lowest BCUT2D eigenvalue weighted by Gasteiger charge is -2.33. The van der Waals surface area contributed by atoms with Crippen molar-refractivity contribution in [3.8, 4) is 17.1 Å². The number of morpholine rings is 1. The zero-order valence-electron chi connectivity index (χ0n) is 25.6. The topological polar surface area (TPSA) is 125 Å². The summed E-state index contributed by atoms with van der Waals surface area (Å²) in [5, 5.41) is 5.26. The monoisotopic (exact) mass is 604 g/mol. The average Bonchev–Trinajstić information content (AvgIpc) is 3.27. The van der Waals surface area contributed by atoms with E-state index in [0.29, 0.717) is 49.2 Å². The maximum atomic E-state index is 15.6. The van der Waals surface area contributed by atoms with Gasteiger partial charge in [0.05, 0.1) is 30.1 Å². The van der Waals surface area contributed by atoms with Gasteiger partial charge in [0.1, 0.15) is 22.8 Å². The quantitative estimate of drug-likeness (QED) is 0.422. The molecule has 232 valence electrons. The van der Waals surface area contributed by atoms with Gasteiger partial charge in [-0.3, -0.25) is 4.79 Å². The van der Waals surface area contributed by atoms with Gasteiger partial charge in [-0.1, -0.05) is 6.07 Å². The van der Waals surface area contributed by atoms with E-state index in [2.05, 4.69) is 20.5 Å². The van der Waals surface area contributed by atoms with Crippen LogP contribution in [-0.2, 0) is 4.74 Å². The molecule has 0 spiro atoms. The first-order valence-corrected chi connectivity index (χ1v) is 14.8.